The Morgan fingerprint density at radius 2 is 2.27 bits per heavy atom. The summed E-state index contributed by atoms with van der Waals surface area (Å²) >= 11 is 1.21. The number of aliphatic carboxylic acids is 1. The number of nitrogens with zero attached hydrogens (tertiary/aromatic N) is 2. The maximum absolute atomic E-state index is 11.3. The first kappa shape index (κ1) is 17.4. The van der Waals surface area contributed by atoms with Crippen molar-refractivity contribution in [3.05, 3.63) is 27.8 Å². The third kappa shape index (κ3) is 5.05. The fourth-order valence-corrected chi connectivity index (χ4v) is 1.69. The first-order chi connectivity index (χ1) is 10.5. The first-order valence-corrected chi connectivity index (χ1v) is 6.32. The van der Waals surface area contributed by atoms with Crippen LogP contribution in [0.15, 0.2) is 22.3 Å². The highest BCUT2D eigenvalue weighted by atomic mass is 32.1. The molecule has 1 rings (SSSR count). The maximum Gasteiger partial charge on any atom is 0.408 e. The van der Waals surface area contributed by atoms with E-state index in [9.17, 15) is 14.4 Å². The number of carboxylic acids is 1. The van der Waals surface area contributed by atoms with Gasteiger partial charge in [-0.05, 0) is 12.9 Å². The highest BCUT2D eigenvalue weighted by Gasteiger charge is 2.19. The molecule has 0 fully saturated rings. The molecule has 0 saturated heterocycles. The Morgan fingerprint density at radius 3 is 2.77 bits per heavy atom. The minimum Gasteiger partial charge on any atom is -0.538 e. The van der Waals surface area contributed by atoms with Gasteiger partial charge in [-0.15, -0.1) is 11.3 Å². The highest BCUT2D eigenvalue weighted by molar-refractivity contribution is 7.09. The van der Waals surface area contributed by atoms with E-state index in [1.54, 1.807) is 6.92 Å². The SMILES string of the molecule is [B]OC(=O)/C(=C\[B]OC=O)O/N=C(/C(=O)O)c1csc(C)n1. The lowest BCUT2D eigenvalue weighted by Gasteiger charge is -2.04. The molecule has 0 unspecified atom stereocenters. The second-order valence-electron chi connectivity index (χ2n) is 3.39. The maximum atomic E-state index is 11.3. The van der Waals surface area contributed by atoms with E-state index in [1.807, 2.05) is 0 Å². The zero-order valence-corrected chi connectivity index (χ0v) is 11.9. The molecule has 9 nitrogen and oxygen atoms in total. The lowest BCUT2D eigenvalue weighted by Crippen LogP contribution is -2.17. The number of thiazole rings is 1. The standard InChI is InChI=1S/C10H7B2N2O7S/c1-5-13-6(3-22-5)8(9(16)17)14-21-7(10(18)20-11)2-12-19-4-15/h2-4H,1H3,(H,16,17)/b7-2+,14-8+. The number of carboxylic acid groups (broad SMARTS) is 1. The summed E-state index contributed by atoms with van der Waals surface area (Å²) in [5.41, 5.74) is -0.472. The minimum atomic E-state index is -1.42. The lowest BCUT2D eigenvalue weighted by molar-refractivity contribution is -0.134. The zero-order chi connectivity index (χ0) is 16.5. The smallest absolute Gasteiger partial charge is 0.408 e. The number of carbonyl (C=O) groups is 3. The molecule has 0 spiro atoms. The molecule has 12 heteroatoms. The van der Waals surface area contributed by atoms with E-state index >= 15 is 0 Å². The van der Waals surface area contributed by atoms with Gasteiger partial charge in [0.1, 0.15) is 5.69 Å². The van der Waals surface area contributed by atoms with Crippen LogP contribution in [0, 0.1) is 6.92 Å². The quantitative estimate of drug-likeness (QED) is 0.129. The van der Waals surface area contributed by atoms with Gasteiger partial charge < -0.3 is 19.3 Å². The van der Waals surface area contributed by atoms with Gasteiger partial charge in [-0.2, -0.15) is 0 Å². The van der Waals surface area contributed by atoms with Crippen molar-refractivity contribution in [2.75, 3.05) is 0 Å². The number of oxime groups is 1. The van der Waals surface area contributed by atoms with Crippen LogP contribution in [0.2, 0.25) is 0 Å². The second-order valence-corrected chi connectivity index (χ2v) is 4.45. The van der Waals surface area contributed by atoms with E-state index in [2.05, 4.69) is 32.3 Å². The van der Waals surface area contributed by atoms with Crippen molar-refractivity contribution in [1.29, 1.82) is 0 Å². The summed E-state index contributed by atoms with van der Waals surface area (Å²) in [7, 11) is 5.48. The molecule has 0 aliphatic rings. The van der Waals surface area contributed by atoms with Crippen molar-refractivity contribution < 1.29 is 33.6 Å². The summed E-state index contributed by atoms with van der Waals surface area (Å²) < 4.78 is 8.13. The van der Waals surface area contributed by atoms with Gasteiger partial charge in [0, 0.05) is 5.38 Å². The number of hydrogen-bond donors (Lipinski definition) is 1. The summed E-state index contributed by atoms with van der Waals surface area (Å²) in [6.07, 6.45) is 0. The van der Waals surface area contributed by atoms with E-state index < -0.39 is 23.4 Å². The molecule has 0 bridgehead atoms. The van der Waals surface area contributed by atoms with Gasteiger partial charge in [-0.25, -0.2) is 14.6 Å². The largest absolute Gasteiger partial charge is 0.538 e. The molecule has 0 aromatic carbocycles. The van der Waals surface area contributed by atoms with Crippen LogP contribution >= 0.6 is 11.3 Å². The van der Waals surface area contributed by atoms with Gasteiger partial charge in [0.05, 0.1) is 5.01 Å². The number of aryl methyl sites for hydroxylation is 1. The molecule has 1 aromatic heterocycles. The van der Waals surface area contributed by atoms with Gasteiger partial charge in [-0.3, -0.25) is 4.79 Å². The molecule has 0 aliphatic carbocycles. The van der Waals surface area contributed by atoms with Crippen LogP contribution in [0.5, 0.6) is 0 Å². The van der Waals surface area contributed by atoms with Crippen LogP contribution in [-0.2, 0) is 28.5 Å². The Morgan fingerprint density at radius 1 is 1.55 bits per heavy atom. The van der Waals surface area contributed by atoms with Crippen LogP contribution in [0.25, 0.3) is 0 Å². The second kappa shape index (κ2) is 8.62. The van der Waals surface area contributed by atoms with Crippen molar-refractivity contribution in [3.63, 3.8) is 0 Å². The number of aromatic nitrogens is 1. The summed E-state index contributed by atoms with van der Waals surface area (Å²) in [6.45, 7) is 1.77. The first-order valence-electron chi connectivity index (χ1n) is 5.44. The zero-order valence-electron chi connectivity index (χ0n) is 11.1. The number of carbonyl (C=O) groups excluding carboxylic acids is 2. The molecule has 111 valence electrons. The molecule has 1 heterocycles. The average Bonchev–Trinajstić information content (AvgIpc) is 2.91. The van der Waals surface area contributed by atoms with Crippen molar-refractivity contribution in [3.8, 4) is 0 Å². The summed E-state index contributed by atoms with van der Waals surface area (Å²) in [6, 6.07) is 0. The molecular weight excluding hydrogens is 314 g/mol. The molecule has 0 atom stereocenters. The normalized spacial score (nSPS) is 11.5. The van der Waals surface area contributed by atoms with E-state index in [0.29, 0.717) is 5.01 Å². The van der Waals surface area contributed by atoms with E-state index in [4.69, 9.17) is 5.11 Å². The van der Waals surface area contributed by atoms with Gasteiger partial charge >= 0.3 is 27.5 Å². The predicted octanol–water partition coefficient (Wildman–Crippen LogP) is -0.483. The molecular formula is C10H7B2N2O7S. The van der Waals surface area contributed by atoms with Crippen molar-refractivity contribution in [1.82, 2.24) is 4.98 Å². The number of hydrogen-bond acceptors (Lipinski definition) is 9. The van der Waals surface area contributed by atoms with Crippen molar-refractivity contribution in [2.24, 2.45) is 5.16 Å². The van der Waals surface area contributed by atoms with Crippen LogP contribution in [0.1, 0.15) is 10.7 Å². The van der Waals surface area contributed by atoms with E-state index in [0.717, 1.165) is 13.5 Å². The van der Waals surface area contributed by atoms with E-state index in [-0.39, 0.29) is 12.2 Å². The molecule has 22 heavy (non-hydrogen) atoms. The Labute approximate surface area is 130 Å². The Hall–Kier alpha value is -2.62. The molecule has 1 aromatic rings. The third-order valence-electron chi connectivity index (χ3n) is 1.96. The summed E-state index contributed by atoms with van der Waals surface area (Å²) in [5.74, 6) is -2.30. The Balaban J connectivity index is 2.98. The van der Waals surface area contributed by atoms with Crippen LogP contribution in [0.4, 0.5) is 0 Å². The molecule has 0 amide bonds. The fraction of sp³-hybridized carbons (Fsp3) is 0.100. The fourth-order valence-electron chi connectivity index (χ4n) is 1.09. The van der Waals surface area contributed by atoms with Crippen LogP contribution < -0.4 is 0 Å². The Kier molecular flexibility index (Phi) is 6.83. The minimum absolute atomic E-state index is 0.0589. The molecule has 0 aliphatic heterocycles. The molecule has 0 saturated carbocycles. The summed E-state index contributed by atoms with van der Waals surface area (Å²) in [4.78, 5) is 41.0. The lowest BCUT2D eigenvalue weighted by atomic mass is 10.0. The number of rotatable bonds is 8. The van der Waals surface area contributed by atoms with Crippen molar-refractivity contribution >= 4 is 51.0 Å². The van der Waals surface area contributed by atoms with Crippen LogP contribution in [-0.4, -0.2) is 49.7 Å². The topological polar surface area (TPSA) is 124 Å². The monoisotopic (exact) mass is 321 g/mol. The van der Waals surface area contributed by atoms with Gasteiger partial charge in [0.25, 0.3) is 6.47 Å². The van der Waals surface area contributed by atoms with Gasteiger partial charge in [0.2, 0.25) is 11.5 Å². The summed E-state index contributed by atoms with van der Waals surface area (Å²) in [5, 5.41) is 14.5. The predicted molar refractivity (Wildman–Crippen MR) is 74.9 cm³/mol. The van der Waals surface area contributed by atoms with Crippen molar-refractivity contribution in [2.45, 2.75) is 6.92 Å². The van der Waals surface area contributed by atoms with Gasteiger partial charge in [0.15, 0.2) is 0 Å². The third-order valence-corrected chi connectivity index (χ3v) is 2.73. The molecule has 1 N–H and O–H groups in total. The highest BCUT2D eigenvalue weighted by Crippen LogP contribution is 2.11. The average molecular weight is 321 g/mol. The Bertz CT molecular complexity index is 629. The van der Waals surface area contributed by atoms with Crippen LogP contribution in [0.3, 0.4) is 0 Å². The van der Waals surface area contributed by atoms with E-state index in [1.165, 1.54) is 16.7 Å². The van der Waals surface area contributed by atoms with Gasteiger partial charge in [-0.1, -0.05) is 5.16 Å². The molecule has 3 radical (unpaired) electrons.